The number of rotatable bonds is 6. The van der Waals surface area contributed by atoms with Crippen molar-refractivity contribution in [1.29, 1.82) is 0 Å². The van der Waals surface area contributed by atoms with Gasteiger partial charge in [-0.1, -0.05) is 12.1 Å². The van der Waals surface area contributed by atoms with Crippen LogP contribution in [0.5, 0.6) is 5.88 Å². The Labute approximate surface area is 137 Å². The summed E-state index contributed by atoms with van der Waals surface area (Å²) in [7, 11) is 3.74. The van der Waals surface area contributed by atoms with Gasteiger partial charge in [0.2, 0.25) is 5.88 Å². The van der Waals surface area contributed by atoms with Crippen LogP contribution in [-0.4, -0.2) is 42.9 Å². The molecule has 1 aromatic carbocycles. The minimum absolute atomic E-state index is 0.0599. The van der Waals surface area contributed by atoms with E-state index in [4.69, 9.17) is 4.74 Å². The molecule has 7 heteroatoms. The second-order valence-corrected chi connectivity index (χ2v) is 5.42. The normalized spacial score (nSPS) is 11.6. The zero-order valence-corrected chi connectivity index (χ0v) is 13.3. The smallest absolute Gasteiger partial charge is 0.416 e. The van der Waals surface area contributed by atoms with Crippen molar-refractivity contribution in [3.05, 3.63) is 59.3 Å². The topological polar surface area (TPSA) is 42.4 Å². The van der Waals surface area contributed by atoms with Gasteiger partial charge in [0.1, 0.15) is 6.61 Å². The molecule has 0 saturated carbocycles. The van der Waals surface area contributed by atoms with E-state index >= 15 is 0 Å². The summed E-state index contributed by atoms with van der Waals surface area (Å²) in [6, 6.07) is 7.33. The number of benzene rings is 1. The fourth-order valence-corrected chi connectivity index (χ4v) is 2.00. The summed E-state index contributed by atoms with van der Waals surface area (Å²) >= 11 is 0. The summed E-state index contributed by atoms with van der Waals surface area (Å²) in [6.07, 6.45) is -3.04. The molecule has 0 fully saturated rings. The molecule has 2 aromatic rings. The molecule has 0 N–H and O–H groups in total. The lowest BCUT2D eigenvalue weighted by Crippen LogP contribution is -2.20. The van der Waals surface area contributed by atoms with Crippen LogP contribution in [0.2, 0.25) is 0 Å². The van der Waals surface area contributed by atoms with Crippen LogP contribution in [0, 0.1) is 0 Å². The first kappa shape index (κ1) is 17.9. The van der Waals surface area contributed by atoms with Gasteiger partial charge in [0.05, 0.1) is 11.1 Å². The molecule has 0 aliphatic rings. The molecule has 0 saturated heterocycles. The number of ether oxygens (including phenoxy) is 1. The Kier molecular flexibility index (Phi) is 5.56. The number of hydrogen-bond acceptors (Lipinski definition) is 4. The Morgan fingerprint density at radius 3 is 2.62 bits per heavy atom. The van der Waals surface area contributed by atoms with Crippen LogP contribution < -0.4 is 4.74 Å². The van der Waals surface area contributed by atoms with Crippen LogP contribution in [0.25, 0.3) is 0 Å². The number of hydrogen-bond donors (Lipinski definition) is 0. The van der Waals surface area contributed by atoms with E-state index in [9.17, 15) is 18.0 Å². The first-order valence-corrected chi connectivity index (χ1v) is 7.23. The molecule has 1 heterocycles. The number of pyridine rings is 1. The molecule has 0 radical (unpaired) electrons. The van der Waals surface area contributed by atoms with Gasteiger partial charge in [-0.05, 0) is 38.4 Å². The molecule has 0 amide bonds. The number of carbonyl (C=O) groups is 1. The van der Waals surface area contributed by atoms with Crippen molar-refractivity contribution in [3.63, 3.8) is 0 Å². The Balaban J connectivity index is 2.27. The average Bonchev–Trinajstić information content (AvgIpc) is 2.54. The molecule has 4 nitrogen and oxygen atoms in total. The van der Waals surface area contributed by atoms with E-state index in [1.165, 1.54) is 24.4 Å². The van der Waals surface area contributed by atoms with Crippen LogP contribution in [0.15, 0.2) is 42.6 Å². The van der Waals surface area contributed by atoms with E-state index in [0.717, 1.165) is 12.1 Å². The maximum absolute atomic E-state index is 12.8. The van der Waals surface area contributed by atoms with Crippen LogP contribution in [0.4, 0.5) is 13.2 Å². The lowest BCUT2D eigenvalue weighted by Gasteiger charge is -2.13. The zero-order chi connectivity index (χ0) is 17.7. The van der Waals surface area contributed by atoms with Gasteiger partial charge in [-0.15, -0.1) is 0 Å². The fourth-order valence-electron chi connectivity index (χ4n) is 2.00. The molecule has 0 aliphatic heterocycles. The number of alkyl halides is 3. The van der Waals surface area contributed by atoms with Gasteiger partial charge in [0, 0.05) is 18.3 Å². The van der Waals surface area contributed by atoms with E-state index < -0.39 is 17.5 Å². The van der Waals surface area contributed by atoms with Gasteiger partial charge in [-0.3, -0.25) is 4.79 Å². The van der Waals surface area contributed by atoms with Crippen molar-refractivity contribution < 1.29 is 22.7 Å². The summed E-state index contributed by atoms with van der Waals surface area (Å²) in [5.74, 6) is -0.448. The minimum atomic E-state index is -4.50. The van der Waals surface area contributed by atoms with Gasteiger partial charge in [0.25, 0.3) is 0 Å². The highest BCUT2D eigenvalue weighted by molar-refractivity contribution is 6.10. The number of halogens is 3. The van der Waals surface area contributed by atoms with Crippen molar-refractivity contribution in [2.24, 2.45) is 0 Å². The van der Waals surface area contributed by atoms with E-state index in [0.29, 0.717) is 13.2 Å². The van der Waals surface area contributed by atoms with E-state index in [2.05, 4.69) is 4.98 Å². The maximum atomic E-state index is 12.8. The molecular formula is C17H17F3N2O2. The van der Waals surface area contributed by atoms with E-state index in [1.54, 1.807) is 6.07 Å². The predicted molar refractivity (Wildman–Crippen MR) is 83.2 cm³/mol. The molecule has 1 aromatic heterocycles. The summed E-state index contributed by atoms with van der Waals surface area (Å²) < 4.78 is 43.9. The van der Waals surface area contributed by atoms with Gasteiger partial charge in [0.15, 0.2) is 5.78 Å². The molecule has 128 valence electrons. The number of aromatic nitrogens is 1. The van der Waals surface area contributed by atoms with Crippen molar-refractivity contribution >= 4 is 5.78 Å². The summed E-state index contributed by atoms with van der Waals surface area (Å²) in [4.78, 5) is 18.5. The largest absolute Gasteiger partial charge is 0.476 e. The second-order valence-electron chi connectivity index (χ2n) is 5.42. The van der Waals surface area contributed by atoms with Crippen molar-refractivity contribution in [3.8, 4) is 5.88 Å². The molecule has 0 spiro atoms. The van der Waals surface area contributed by atoms with Gasteiger partial charge < -0.3 is 9.64 Å². The Bertz CT molecular complexity index is 715. The highest BCUT2D eigenvalue weighted by Gasteiger charge is 2.31. The number of nitrogens with zero attached hydrogens (tertiary/aromatic N) is 2. The number of carbonyl (C=O) groups excluding carboxylic acids is 1. The average molecular weight is 338 g/mol. The van der Waals surface area contributed by atoms with Crippen LogP contribution in [0.3, 0.4) is 0 Å². The SMILES string of the molecule is CN(C)CCOc1ncccc1C(=O)c1cccc(C(F)(F)F)c1. The Morgan fingerprint density at radius 2 is 1.96 bits per heavy atom. The summed E-state index contributed by atoms with van der Waals surface area (Å²) in [5.41, 5.74) is -0.793. The third-order valence-electron chi connectivity index (χ3n) is 3.25. The van der Waals surface area contributed by atoms with Crippen molar-refractivity contribution in [1.82, 2.24) is 9.88 Å². The predicted octanol–water partition coefficient (Wildman–Crippen LogP) is 3.27. The quantitative estimate of drug-likeness (QED) is 0.758. The van der Waals surface area contributed by atoms with E-state index in [1.807, 2.05) is 19.0 Å². The maximum Gasteiger partial charge on any atom is 0.416 e. The number of likely N-dealkylation sites (N-methyl/N-ethyl adjacent to an activating group) is 1. The highest BCUT2D eigenvalue weighted by Crippen LogP contribution is 2.30. The first-order chi connectivity index (χ1) is 11.3. The van der Waals surface area contributed by atoms with E-state index in [-0.39, 0.29) is 17.0 Å². The van der Waals surface area contributed by atoms with Gasteiger partial charge in [-0.25, -0.2) is 4.98 Å². The molecule has 2 rings (SSSR count). The second kappa shape index (κ2) is 7.44. The fraction of sp³-hybridized carbons (Fsp3) is 0.294. The Morgan fingerprint density at radius 1 is 1.21 bits per heavy atom. The van der Waals surface area contributed by atoms with Crippen LogP contribution >= 0.6 is 0 Å². The van der Waals surface area contributed by atoms with Gasteiger partial charge >= 0.3 is 6.18 Å². The lowest BCUT2D eigenvalue weighted by atomic mass is 10.0. The standard InChI is InChI=1S/C17H17F3N2O2/c1-22(2)9-10-24-16-14(7-4-8-21-16)15(23)12-5-3-6-13(11-12)17(18,19)20/h3-8,11H,9-10H2,1-2H3. The third kappa shape index (κ3) is 4.55. The van der Waals surface area contributed by atoms with Gasteiger partial charge in [-0.2, -0.15) is 13.2 Å². The monoisotopic (exact) mass is 338 g/mol. The summed E-state index contributed by atoms with van der Waals surface area (Å²) in [5, 5.41) is 0. The van der Waals surface area contributed by atoms with Crippen LogP contribution in [-0.2, 0) is 6.18 Å². The molecule has 0 atom stereocenters. The lowest BCUT2D eigenvalue weighted by molar-refractivity contribution is -0.137. The zero-order valence-electron chi connectivity index (χ0n) is 13.3. The van der Waals surface area contributed by atoms with Crippen molar-refractivity contribution in [2.75, 3.05) is 27.2 Å². The molecule has 0 aliphatic carbocycles. The van der Waals surface area contributed by atoms with Crippen LogP contribution in [0.1, 0.15) is 21.5 Å². The molecule has 0 bridgehead atoms. The highest BCUT2D eigenvalue weighted by atomic mass is 19.4. The number of ketones is 1. The third-order valence-corrected chi connectivity index (χ3v) is 3.25. The molecule has 0 unspecified atom stereocenters. The molecular weight excluding hydrogens is 321 g/mol. The Hall–Kier alpha value is -2.41. The first-order valence-electron chi connectivity index (χ1n) is 7.23. The van der Waals surface area contributed by atoms with Crippen molar-refractivity contribution in [2.45, 2.75) is 6.18 Å². The minimum Gasteiger partial charge on any atom is -0.476 e. The molecule has 24 heavy (non-hydrogen) atoms. The summed E-state index contributed by atoms with van der Waals surface area (Å²) in [6.45, 7) is 0.931.